The highest BCUT2D eigenvalue weighted by molar-refractivity contribution is 7.09. The van der Waals surface area contributed by atoms with E-state index in [2.05, 4.69) is 10.3 Å². The second kappa shape index (κ2) is 7.09. The third-order valence-electron chi connectivity index (χ3n) is 3.00. The molecule has 1 amide bonds. The van der Waals surface area contributed by atoms with E-state index in [0.29, 0.717) is 11.3 Å². The lowest BCUT2D eigenvalue weighted by molar-refractivity contribution is -0.117. The summed E-state index contributed by atoms with van der Waals surface area (Å²) in [5.41, 5.74) is 1.66. The van der Waals surface area contributed by atoms with Crippen LogP contribution in [-0.2, 0) is 4.79 Å². The number of methoxy groups -OCH3 is 1. The van der Waals surface area contributed by atoms with Crippen LogP contribution in [0.25, 0.3) is 6.08 Å². The number of nitrogens with zero attached hydrogens (tertiary/aromatic N) is 1. The lowest BCUT2D eigenvalue weighted by Gasteiger charge is -2.09. The fourth-order valence-corrected chi connectivity index (χ4v) is 2.68. The molecule has 22 heavy (non-hydrogen) atoms. The number of nitrogens with one attached hydrogen (secondary N) is 1. The zero-order chi connectivity index (χ0) is 16.1. The molecule has 0 saturated carbocycles. The number of thiazole rings is 1. The largest absolute Gasteiger partial charge is 0.504 e. The number of ether oxygens (including phenoxy) is 1. The van der Waals surface area contributed by atoms with Crippen molar-refractivity contribution in [3.8, 4) is 11.5 Å². The molecule has 0 aliphatic rings. The number of aryl methyl sites for hydroxylation is 1. The van der Waals surface area contributed by atoms with Crippen LogP contribution in [0, 0.1) is 6.92 Å². The van der Waals surface area contributed by atoms with Crippen molar-refractivity contribution in [2.24, 2.45) is 0 Å². The van der Waals surface area contributed by atoms with Crippen molar-refractivity contribution in [3.05, 3.63) is 45.9 Å². The summed E-state index contributed by atoms with van der Waals surface area (Å²) in [5, 5.41) is 15.4. The molecule has 0 bridgehead atoms. The SMILES string of the molecule is COc1ccc(/C=C/C(=O)N[C@@H](C)c2nc(C)cs2)cc1O. The normalized spacial score (nSPS) is 12.3. The molecule has 1 heterocycles. The van der Waals surface area contributed by atoms with Crippen LogP contribution in [0.1, 0.15) is 29.2 Å². The molecule has 0 unspecified atom stereocenters. The zero-order valence-corrected chi connectivity index (χ0v) is 13.5. The van der Waals surface area contributed by atoms with Gasteiger partial charge in [0.05, 0.1) is 13.2 Å². The van der Waals surface area contributed by atoms with Gasteiger partial charge in [0.15, 0.2) is 11.5 Å². The Labute approximate surface area is 133 Å². The first-order chi connectivity index (χ1) is 10.5. The second-order valence-electron chi connectivity index (χ2n) is 4.82. The van der Waals surface area contributed by atoms with Crippen LogP contribution in [0.15, 0.2) is 29.7 Å². The Kier molecular flexibility index (Phi) is 5.16. The minimum atomic E-state index is -0.212. The van der Waals surface area contributed by atoms with Crippen molar-refractivity contribution in [3.63, 3.8) is 0 Å². The minimum Gasteiger partial charge on any atom is -0.504 e. The molecule has 0 fully saturated rings. The van der Waals surface area contributed by atoms with Crippen molar-refractivity contribution in [2.45, 2.75) is 19.9 Å². The first-order valence-electron chi connectivity index (χ1n) is 6.77. The Bertz CT molecular complexity index is 694. The molecule has 5 nitrogen and oxygen atoms in total. The number of rotatable bonds is 5. The molecule has 1 aromatic carbocycles. The van der Waals surface area contributed by atoms with Gasteiger partial charge in [-0.05, 0) is 37.6 Å². The van der Waals surface area contributed by atoms with Crippen molar-refractivity contribution >= 4 is 23.3 Å². The maximum atomic E-state index is 11.9. The molecular weight excluding hydrogens is 300 g/mol. The highest BCUT2D eigenvalue weighted by Gasteiger charge is 2.10. The molecule has 0 aliphatic heterocycles. The number of aromatic nitrogens is 1. The van der Waals surface area contributed by atoms with Gasteiger partial charge >= 0.3 is 0 Å². The number of hydrogen-bond donors (Lipinski definition) is 2. The third kappa shape index (κ3) is 4.08. The summed E-state index contributed by atoms with van der Waals surface area (Å²) in [6, 6.07) is 4.81. The number of carbonyl (C=O) groups excluding carboxylic acids is 1. The van der Waals surface area contributed by atoms with Crippen molar-refractivity contribution in [1.29, 1.82) is 0 Å². The molecule has 0 saturated heterocycles. The summed E-state index contributed by atoms with van der Waals surface area (Å²) in [6.45, 7) is 3.81. The van der Waals surface area contributed by atoms with Crippen LogP contribution in [0.3, 0.4) is 0 Å². The van der Waals surface area contributed by atoms with Crippen molar-refractivity contribution in [2.75, 3.05) is 7.11 Å². The number of aromatic hydroxyl groups is 1. The Morgan fingerprint density at radius 1 is 1.50 bits per heavy atom. The maximum Gasteiger partial charge on any atom is 0.244 e. The number of amides is 1. The zero-order valence-electron chi connectivity index (χ0n) is 12.7. The lowest BCUT2D eigenvalue weighted by atomic mass is 10.2. The topological polar surface area (TPSA) is 71.5 Å². The summed E-state index contributed by atoms with van der Waals surface area (Å²) in [5.74, 6) is 0.224. The predicted molar refractivity (Wildman–Crippen MR) is 87.1 cm³/mol. The van der Waals surface area contributed by atoms with E-state index in [1.54, 1.807) is 18.2 Å². The maximum absolute atomic E-state index is 11.9. The molecule has 1 aromatic heterocycles. The van der Waals surface area contributed by atoms with Gasteiger partial charge in [-0.3, -0.25) is 4.79 Å². The van der Waals surface area contributed by atoms with Gasteiger partial charge in [-0.15, -0.1) is 11.3 Å². The molecule has 2 N–H and O–H groups in total. The second-order valence-corrected chi connectivity index (χ2v) is 5.71. The number of benzene rings is 1. The summed E-state index contributed by atoms with van der Waals surface area (Å²) >= 11 is 1.52. The fraction of sp³-hybridized carbons (Fsp3) is 0.250. The number of carbonyl (C=O) groups is 1. The van der Waals surface area contributed by atoms with Crippen molar-refractivity contribution in [1.82, 2.24) is 10.3 Å². The summed E-state index contributed by atoms with van der Waals surface area (Å²) in [6.07, 6.45) is 3.06. The Hall–Kier alpha value is -2.34. The van der Waals surface area contributed by atoms with E-state index in [9.17, 15) is 9.90 Å². The van der Waals surface area contributed by atoms with Crippen LogP contribution < -0.4 is 10.1 Å². The van der Waals surface area contributed by atoms with Gasteiger partial charge in [-0.1, -0.05) is 6.07 Å². The van der Waals surface area contributed by atoms with E-state index in [-0.39, 0.29) is 17.7 Å². The van der Waals surface area contributed by atoms with Gasteiger partial charge in [0.2, 0.25) is 5.91 Å². The fourth-order valence-electron chi connectivity index (χ4n) is 1.88. The molecule has 2 rings (SSSR count). The smallest absolute Gasteiger partial charge is 0.244 e. The van der Waals surface area contributed by atoms with Gasteiger partial charge in [0.1, 0.15) is 5.01 Å². The number of hydrogen-bond acceptors (Lipinski definition) is 5. The summed E-state index contributed by atoms with van der Waals surface area (Å²) in [7, 11) is 1.49. The van der Waals surface area contributed by atoms with Crippen LogP contribution in [0.4, 0.5) is 0 Å². The monoisotopic (exact) mass is 318 g/mol. The molecule has 2 aromatic rings. The van der Waals surface area contributed by atoms with E-state index in [0.717, 1.165) is 10.7 Å². The van der Waals surface area contributed by atoms with Gasteiger partial charge < -0.3 is 15.2 Å². The molecule has 116 valence electrons. The van der Waals surface area contributed by atoms with Gasteiger partial charge in [-0.2, -0.15) is 0 Å². The third-order valence-corrected chi connectivity index (χ3v) is 4.14. The van der Waals surface area contributed by atoms with Gasteiger partial charge in [0.25, 0.3) is 0 Å². The van der Waals surface area contributed by atoms with Crippen LogP contribution in [0.2, 0.25) is 0 Å². The predicted octanol–water partition coefficient (Wildman–Crippen LogP) is 3.06. The van der Waals surface area contributed by atoms with Crippen LogP contribution in [-0.4, -0.2) is 23.1 Å². The van der Waals surface area contributed by atoms with E-state index < -0.39 is 0 Å². The average molecular weight is 318 g/mol. The summed E-state index contributed by atoms with van der Waals surface area (Å²) in [4.78, 5) is 16.3. The lowest BCUT2D eigenvalue weighted by Crippen LogP contribution is -2.24. The Morgan fingerprint density at radius 3 is 2.86 bits per heavy atom. The average Bonchev–Trinajstić information content (AvgIpc) is 2.92. The van der Waals surface area contributed by atoms with E-state index >= 15 is 0 Å². The molecule has 6 heteroatoms. The highest BCUT2D eigenvalue weighted by Crippen LogP contribution is 2.26. The number of phenols is 1. The first-order valence-corrected chi connectivity index (χ1v) is 7.65. The molecule has 0 spiro atoms. The van der Waals surface area contributed by atoms with E-state index in [1.165, 1.54) is 30.6 Å². The van der Waals surface area contributed by atoms with Crippen molar-refractivity contribution < 1.29 is 14.6 Å². The van der Waals surface area contributed by atoms with E-state index in [1.807, 2.05) is 19.2 Å². The quantitative estimate of drug-likeness (QED) is 0.831. The molecule has 1 atom stereocenters. The standard InChI is InChI=1S/C16H18N2O3S/c1-10-9-22-16(17-10)11(2)18-15(20)7-5-12-4-6-14(21-3)13(19)8-12/h4-9,11,19H,1-3H3,(H,18,20)/b7-5+/t11-/m0/s1. The Morgan fingerprint density at radius 2 is 2.27 bits per heavy atom. The Balaban J connectivity index is 1.97. The van der Waals surface area contributed by atoms with Gasteiger partial charge in [0, 0.05) is 17.2 Å². The van der Waals surface area contributed by atoms with Crippen LogP contribution >= 0.6 is 11.3 Å². The first kappa shape index (κ1) is 16.0. The molecule has 0 aliphatic carbocycles. The highest BCUT2D eigenvalue weighted by atomic mass is 32.1. The number of phenolic OH excluding ortho intramolecular Hbond substituents is 1. The molecule has 0 radical (unpaired) electrons. The van der Waals surface area contributed by atoms with Gasteiger partial charge in [-0.25, -0.2) is 4.98 Å². The van der Waals surface area contributed by atoms with Crippen LogP contribution in [0.5, 0.6) is 11.5 Å². The molecular formula is C16H18N2O3S. The summed E-state index contributed by atoms with van der Waals surface area (Å²) < 4.78 is 4.97. The minimum absolute atomic E-state index is 0.0386. The van der Waals surface area contributed by atoms with E-state index in [4.69, 9.17) is 4.74 Å².